The Hall–Kier alpha value is -4.04. The topological polar surface area (TPSA) is 92.6 Å². The summed E-state index contributed by atoms with van der Waals surface area (Å²) in [6.07, 6.45) is 1.58. The van der Waals surface area contributed by atoms with Gasteiger partial charge in [0.25, 0.3) is 5.78 Å². The highest BCUT2D eigenvalue weighted by Crippen LogP contribution is 2.43. The molecule has 1 aliphatic heterocycles. The molecule has 0 saturated carbocycles. The number of aliphatic hydroxyl groups excluding tert-OH is 1. The van der Waals surface area contributed by atoms with Gasteiger partial charge < -0.3 is 9.84 Å². The summed E-state index contributed by atoms with van der Waals surface area (Å²) in [5.41, 5.74) is 1.51. The Morgan fingerprint density at radius 1 is 1.06 bits per heavy atom. The zero-order chi connectivity index (χ0) is 22.2. The lowest BCUT2D eigenvalue weighted by molar-refractivity contribution is -0.132. The number of thiazole rings is 1. The molecule has 0 aliphatic carbocycles. The molecule has 1 unspecified atom stereocenters. The predicted molar refractivity (Wildman–Crippen MR) is 122 cm³/mol. The van der Waals surface area contributed by atoms with E-state index in [0.717, 1.165) is 10.2 Å². The Labute approximate surface area is 187 Å². The molecule has 1 atom stereocenters. The maximum Gasteiger partial charge on any atom is 0.301 e. The fourth-order valence-corrected chi connectivity index (χ4v) is 4.73. The van der Waals surface area contributed by atoms with Gasteiger partial charge in [0, 0.05) is 11.8 Å². The van der Waals surface area contributed by atoms with Crippen molar-refractivity contribution in [2.75, 3.05) is 12.0 Å². The van der Waals surface area contributed by atoms with Crippen molar-refractivity contribution in [2.45, 2.75) is 6.04 Å². The van der Waals surface area contributed by atoms with E-state index in [9.17, 15) is 14.7 Å². The van der Waals surface area contributed by atoms with Crippen LogP contribution in [0.15, 0.2) is 78.5 Å². The first-order chi connectivity index (χ1) is 15.6. The lowest BCUT2D eigenvalue weighted by atomic mass is 9.98. The van der Waals surface area contributed by atoms with E-state index >= 15 is 0 Å². The number of methoxy groups -OCH3 is 1. The van der Waals surface area contributed by atoms with Crippen molar-refractivity contribution in [1.82, 2.24) is 9.97 Å². The van der Waals surface area contributed by atoms with E-state index in [1.165, 1.54) is 23.3 Å². The molecule has 0 spiro atoms. The van der Waals surface area contributed by atoms with Gasteiger partial charge in [-0.3, -0.25) is 19.5 Å². The van der Waals surface area contributed by atoms with E-state index in [2.05, 4.69) is 9.97 Å². The summed E-state index contributed by atoms with van der Waals surface area (Å²) < 4.78 is 6.12. The van der Waals surface area contributed by atoms with Crippen LogP contribution in [0.2, 0.25) is 0 Å². The number of carbonyl (C=O) groups excluding carboxylic acids is 2. The van der Waals surface area contributed by atoms with E-state index in [1.54, 1.807) is 48.7 Å². The van der Waals surface area contributed by atoms with E-state index in [0.29, 0.717) is 22.1 Å². The molecular weight excluding hydrogens is 426 g/mol. The molecule has 32 heavy (non-hydrogen) atoms. The number of para-hydroxylation sites is 1. The molecule has 0 bridgehead atoms. The van der Waals surface area contributed by atoms with Crippen molar-refractivity contribution in [2.24, 2.45) is 0 Å². The first-order valence-electron chi connectivity index (χ1n) is 9.80. The summed E-state index contributed by atoms with van der Waals surface area (Å²) in [7, 11) is 1.51. The second-order valence-corrected chi connectivity index (χ2v) is 8.13. The second kappa shape index (κ2) is 7.90. The van der Waals surface area contributed by atoms with Crippen molar-refractivity contribution in [1.29, 1.82) is 0 Å². The molecule has 5 rings (SSSR count). The van der Waals surface area contributed by atoms with Crippen LogP contribution in [0.4, 0.5) is 5.13 Å². The average molecular weight is 443 g/mol. The Bertz CT molecular complexity index is 1350. The Morgan fingerprint density at radius 2 is 1.88 bits per heavy atom. The van der Waals surface area contributed by atoms with Gasteiger partial charge in [-0.1, -0.05) is 41.7 Å². The smallest absolute Gasteiger partial charge is 0.301 e. The van der Waals surface area contributed by atoms with E-state index in [-0.39, 0.29) is 11.3 Å². The average Bonchev–Trinajstić information content (AvgIpc) is 3.37. The van der Waals surface area contributed by atoms with Crippen LogP contribution in [0.5, 0.6) is 5.75 Å². The number of anilines is 1. The number of aliphatic hydroxyl groups is 1. The minimum absolute atomic E-state index is 0.0405. The molecule has 0 radical (unpaired) electrons. The number of fused-ring (bicyclic) bond motifs is 1. The van der Waals surface area contributed by atoms with Crippen molar-refractivity contribution in [3.05, 3.63) is 89.8 Å². The molecule has 2 aromatic carbocycles. The lowest BCUT2D eigenvalue weighted by Gasteiger charge is -2.22. The number of carbonyl (C=O) groups is 2. The van der Waals surface area contributed by atoms with E-state index in [4.69, 9.17) is 4.74 Å². The van der Waals surface area contributed by atoms with Gasteiger partial charge in [0.2, 0.25) is 0 Å². The van der Waals surface area contributed by atoms with Crippen LogP contribution in [0.25, 0.3) is 16.0 Å². The zero-order valence-electron chi connectivity index (χ0n) is 16.9. The number of aromatic nitrogens is 2. The van der Waals surface area contributed by atoms with Crippen molar-refractivity contribution >= 4 is 44.1 Å². The van der Waals surface area contributed by atoms with Crippen molar-refractivity contribution in [3.8, 4) is 5.75 Å². The minimum Gasteiger partial charge on any atom is -0.507 e. The third kappa shape index (κ3) is 3.21. The molecule has 1 aliphatic rings. The van der Waals surface area contributed by atoms with Gasteiger partial charge in [-0.05, 0) is 36.4 Å². The summed E-state index contributed by atoms with van der Waals surface area (Å²) in [5.74, 6) is -1.32. The zero-order valence-corrected chi connectivity index (χ0v) is 17.7. The third-order valence-corrected chi connectivity index (χ3v) is 6.28. The quantitative estimate of drug-likeness (QED) is 0.287. The molecule has 1 saturated heterocycles. The molecule has 2 aromatic heterocycles. The molecule has 1 amide bonds. The Kier molecular flexibility index (Phi) is 4.91. The van der Waals surface area contributed by atoms with Crippen molar-refractivity contribution < 1.29 is 19.4 Å². The first kappa shape index (κ1) is 19.9. The molecule has 1 N–H and O–H groups in total. The molecule has 7 nitrogen and oxygen atoms in total. The van der Waals surface area contributed by atoms with Gasteiger partial charge in [-0.25, -0.2) is 4.98 Å². The molecule has 158 valence electrons. The maximum absolute atomic E-state index is 13.2. The first-order valence-corrected chi connectivity index (χ1v) is 10.6. The van der Waals surface area contributed by atoms with Gasteiger partial charge in [-0.15, -0.1) is 0 Å². The molecule has 3 heterocycles. The Morgan fingerprint density at radius 3 is 2.62 bits per heavy atom. The molecular formula is C24H17N3O4S. The van der Waals surface area contributed by atoms with Crippen LogP contribution in [0.1, 0.15) is 17.3 Å². The summed E-state index contributed by atoms with van der Waals surface area (Å²) in [5, 5.41) is 11.5. The number of benzene rings is 2. The molecule has 4 aromatic rings. The van der Waals surface area contributed by atoms with Gasteiger partial charge in [0.15, 0.2) is 5.13 Å². The number of amides is 1. The van der Waals surface area contributed by atoms with Gasteiger partial charge in [0.05, 0.1) is 28.6 Å². The predicted octanol–water partition coefficient (Wildman–Crippen LogP) is 4.33. The SMILES string of the molecule is COc1cccc(/C(O)=C2\C(=O)C(=O)N(c3nc4ccccc4s3)C2c2ccccn2)c1. The Balaban J connectivity index is 1.73. The number of ketones is 1. The van der Waals surface area contributed by atoms with Crippen molar-refractivity contribution in [3.63, 3.8) is 0 Å². The monoisotopic (exact) mass is 443 g/mol. The highest BCUT2D eigenvalue weighted by Gasteiger charge is 2.48. The summed E-state index contributed by atoms with van der Waals surface area (Å²) in [6.45, 7) is 0. The van der Waals surface area contributed by atoms with Crippen LogP contribution in [0.3, 0.4) is 0 Å². The third-order valence-electron chi connectivity index (χ3n) is 5.24. The summed E-state index contributed by atoms with van der Waals surface area (Å²) in [4.78, 5) is 36.6. The van der Waals surface area contributed by atoms with Gasteiger partial charge in [-0.2, -0.15) is 0 Å². The number of rotatable bonds is 4. The standard InChI is InChI=1S/C24H17N3O4S/c1-31-15-8-6-7-14(13-15)21(28)19-20(17-10-4-5-12-25-17)27(23(30)22(19)29)24-26-16-9-2-3-11-18(16)32-24/h2-13,20,28H,1H3/b21-19+. The highest BCUT2D eigenvalue weighted by molar-refractivity contribution is 7.22. The lowest BCUT2D eigenvalue weighted by Crippen LogP contribution is -2.29. The highest BCUT2D eigenvalue weighted by atomic mass is 32.1. The fraction of sp³-hybridized carbons (Fsp3) is 0.0833. The number of ether oxygens (including phenoxy) is 1. The van der Waals surface area contributed by atoms with Crippen LogP contribution in [-0.4, -0.2) is 33.9 Å². The van der Waals surface area contributed by atoms with Crippen LogP contribution < -0.4 is 9.64 Å². The van der Waals surface area contributed by atoms with Gasteiger partial charge in [0.1, 0.15) is 17.6 Å². The number of hydrogen-bond acceptors (Lipinski definition) is 7. The van der Waals surface area contributed by atoms with Crippen LogP contribution in [-0.2, 0) is 9.59 Å². The largest absolute Gasteiger partial charge is 0.507 e. The van der Waals surface area contributed by atoms with Crippen LogP contribution in [0, 0.1) is 0 Å². The number of nitrogens with zero attached hydrogens (tertiary/aromatic N) is 3. The number of Topliss-reactive ketones (excluding diaryl/α,β-unsaturated/α-hetero) is 1. The normalized spacial score (nSPS) is 17.8. The number of hydrogen-bond donors (Lipinski definition) is 1. The molecule has 8 heteroatoms. The van der Waals surface area contributed by atoms with E-state index in [1.807, 2.05) is 24.3 Å². The van der Waals surface area contributed by atoms with Crippen LogP contribution >= 0.6 is 11.3 Å². The summed E-state index contributed by atoms with van der Waals surface area (Å²) >= 11 is 1.30. The van der Waals surface area contributed by atoms with Gasteiger partial charge >= 0.3 is 5.91 Å². The number of pyridine rings is 1. The summed E-state index contributed by atoms with van der Waals surface area (Å²) in [6, 6.07) is 18.5. The molecule has 1 fully saturated rings. The second-order valence-electron chi connectivity index (χ2n) is 7.12. The fourth-order valence-electron chi connectivity index (χ4n) is 3.74. The van der Waals surface area contributed by atoms with E-state index < -0.39 is 17.7 Å². The minimum atomic E-state index is -0.914. The maximum atomic E-state index is 13.2.